The van der Waals surface area contributed by atoms with Crippen molar-refractivity contribution in [3.05, 3.63) is 182 Å². The summed E-state index contributed by atoms with van der Waals surface area (Å²) in [5.41, 5.74) is 9.99. The average molecular weight is 747 g/mol. The lowest BCUT2D eigenvalue weighted by Crippen LogP contribution is -2.00. The molecule has 0 aliphatic heterocycles. The smallest absolute Gasteiger partial charge is 0.164 e. The highest BCUT2D eigenvalue weighted by atomic mass is 32.1. The fraction of sp³-hybridized carbons (Fsp3) is 0. The zero-order valence-corrected chi connectivity index (χ0v) is 31.2. The third-order valence-corrected chi connectivity index (χ3v) is 12.2. The first-order valence-corrected chi connectivity index (χ1v) is 19.8. The van der Waals surface area contributed by atoms with Gasteiger partial charge in [0.25, 0.3) is 0 Å². The van der Waals surface area contributed by atoms with E-state index in [9.17, 15) is 0 Å². The van der Waals surface area contributed by atoms with Gasteiger partial charge in [-0.05, 0) is 71.8 Å². The highest BCUT2D eigenvalue weighted by Gasteiger charge is 2.21. The molecule has 12 aromatic rings. The molecule has 0 unspecified atom stereocenters. The minimum atomic E-state index is 0.604. The fourth-order valence-corrected chi connectivity index (χ4v) is 9.58. The van der Waals surface area contributed by atoms with Crippen LogP contribution in [0.5, 0.6) is 0 Å². The third-order valence-electron chi connectivity index (χ3n) is 11.1. The molecule has 0 aliphatic rings. The summed E-state index contributed by atoms with van der Waals surface area (Å²) in [6.45, 7) is 0. The Labute approximate surface area is 330 Å². The fourth-order valence-electron chi connectivity index (χ4n) is 8.45. The van der Waals surface area contributed by atoms with Gasteiger partial charge >= 0.3 is 0 Å². The lowest BCUT2D eigenvalue weighted by Gasteiger charge is -2.11. The van der Waals surface area contributed by atoms with Crippen LogP contribution in [0, 0.1) is 0 Å². The second-order valence-electron chi connectivity index (χ2n) is 14.4. The van der Waals surface area contributed by atoms with E-state index in [0.717, 1.165) is 77.2 Å². The molecule has 0 spiro atoms. The number of para-hydroxylation sites is 2. The molecule has 266 valence electrons. The first-order chi connectivity index (χ1) is 28.2. The van der Waals surface area contributed by atoms with E-state index < -0.39 is 0 Å². The molecule has 5 nitrogen and oxygen atoms in total. The maximum absolute atomic E-state index is 6.80. The number of aromatic nitrogens is 4. The van der Waals surface area contributed by atoms with E-state index in [2.05, 4.69) is 180 Å². The van der Waals surface area contributed by atoms with Gasteiger partial charge in [-0.25, -0.2) is 15.0 Å². The van der Waals surface area contributed by atoms with Crippen molar-refractivity contribution in [2.24, 2.45) is 0 Å². The van der Waals surface area contributed by atoms with Gasteiger partial charge in [0.1, 0.15) is 5.58 Å². The molecule has 4 aromatic heterocycles. The number of benzene rings is 8. The molecule has 8 aromatic carbocycles. The molecule has 0 saturated heterocycles. The molecular formula is C51H30N4OS. The Kier molecular flexibility index (Phi) is 7.03. The van der Waals surface area contributed by atoms with Crippen molar-refractivity contribution in [3.8, 4) is 51.0 Å². The van der Waals surface area contributed by atoms with Gasteiger partial charge in [0.2, 0.25) is 0 Å². The van der Waals surface area contributed by atoms with Gasteiger partial charge in [-0.2, -0.15) is 0 Å². The number of furan rings is 1. The van der Waals surface area contributed by atoms with Gasteiger partial charge in [0, 0.05) is 64.1 Å². The Balaban J connectivity index is 1.09. The Hall–Kier alpha value is -7.41. The topological polar surface area (TPSA) is 56.7 Å². The largest absolute Gasteiger partial charge is 0.454 e. The summed E-state index contributed by atoms with van der Waals surface area (Å²) in [6.07, 6.45) is 0. The molecule has 0 aliphatic carbocycles. The summed E-state index contributed by atoms with van der Waals surface area (Å²) in [5.74, 6) is 1.86. The van der Waals surface area contributed by atoms with Gasteiger partial charge in [-0.15, -0.1) is 11.3 Å². The molecule has 0 radical (unpaired) electrons. The zero-order valence-electron chi connectivity index (χ0n) is 30.4. The van der Waals surface area contributed by atoms with Crippen molar-refractivity contribution in [1.82, 2.24) is 19.5 Å². The first kappa shape index (κ1) is 31.9. The molecule has 0 amide bonds. The summed E-state index contributed by atoms with van der Waals surface area (Å²) in [5, 5.41) is 6.76. The van der Waals surface area contributed by atoms with Crippen LogP contribution in [-0.2, 0) is 0 Å². The van der Waals surface area contributed by atoms with E-state index in [1.54, 1.807) is 11.3 Å². The third kappa shape index (κ3) is 5.04. The normalized spacial score (nSPS) is 11.9. The van der Waals surface area contributed by atoms with Gasteiger partial charge < -0.3 is 8.98 Å². The van der Waals surface area contributed by atoms with Crippen LogP contribution in [0.1, 0.15) is 0 Å². The summed E-state index contributed by atoms with van der Waals surface area (Å²) in [4.78, 5) is 15.7. The van der Waals surface area contributed by atoms with E-state index in [1.165, 1.54) is 20.2 Å². The van der Waals surface area contributed by atoms with Crippen LogP contribution in [-0.4, -0.2) is 19.5 Å². The highest BCUT2D eigenvalue weighted by Crippen LogP contribution is 2.42. The van der Waals surface area contributed by atoms with E-state index in [4.69, 9.17) is 19.4 Å². The van der Waals surface area contributed by atoms with Crippen molar-refractivity contribution in [2.75, 3.05) is 0 Å². The molecular weight excluding hydrogens is 717 g/mol. The van der Waals surface area contributed by atoms with E-state index >= 15 is 0 Å². The SMILES string of the molecule is c1ccc(-c2cccc(-c3nc(-c4ccc5oc6c(ccc7c8ccccc8n(-c8ccccc8)c76)c5c4)nc(-c4cccc5sc6ccccc6c45)n3)c2)cc1. The predicted molar refractivity (Wildman–Crippen MR) is 236 cm³/mol. The van der Waals surface area contributed by atoms with Crippen LogP contribution >= 0.6 is 11.3 Å². The number of hydrogen-bond acceptors (Lipinski definition) is 5. The predicted octanol–water partition coefficient (Wildman–Crippen LogP) is 13.9. The Bertz CT molecular complexity index is 3530. The van der Waals surface area contributed by atoms with Crippen LogP contribution < -0.4 is 0 Å². The quantitative estimate of drug-likeness (QED) is 0.176. The first-order valence-electron chi connectivity index (χ1n) is 19.0. The summed E-state index contributed by atoms with van der Waals surface area (Å²) in [6, 6.07) is 63.7. The van der Waals surface area contributed by atoms with E-state index in [1.807, 2.05) is 6.07 Å². The Morgan fingerprint density at radius 1 is 0.421 bits per heavy atom. The highest BCUT2D eigenvalue weighted by molar-refractivity contribution is 7.25. The Morgan fingerprint density at radius 3 is 1.93 bits per heavy atom. The van der Waals surface area contributed by atoms with Crippen molar-refractivity contribution in [1.29, 1.82) is 0 Å². The number of rotatable bonds is 5. The van der Waals surface area contributed by atoms with Crippen LogP contribution in [0.25, 0.3) is 115 Å². The van der Waals surface area contributed by atoms with Crippen LogP contribution in [0.15, 0.2) is 186 Å². The second-order valence-corrected chi connectivity index (χ2v) is 15.5. The summed E-state index contributed by atoms with van der Waals surface area (Å²) >= 11 is 1.79. The molecule has 57 heavy (non-hydrogen) atoms. The molecule has 6 heteroatoms. The lowest BCUT2D eigenvalue weighted by atomic mass is 10.0. The maximum Gasteiger partial charge on any atom is 0.164 e. The number of fused-ring (bicyclic) bond motifs is 10. The zero-order chi connectivity index (χ0) is 37.5. The molecule has 0 bridgehead atoms. The molecule has 0 N–H and O–H groups in total. The second kappa shape index (κ2) is 12.6. The van der Waals surface area contributed by atoms with Gasteiger partial charge in [-0.1, -0.05) is 121 Å². The monoisotopic (exact) mass is 746 g/mol. The average Bonchev–Trinajstić information content (AvgIpc) is 3.96. The Morgan fingerprint density at radius 2 is 1.07 bits per heavy atom. The van der Waals surface area contributed by atoms with Crippen molar-refractivity contribution >= 4 is 75.3 Å². The van der Waals surface area contributed by atoms with Gasteiger partial charge in [0.05, 0.1) is 11.0 Å². The minimum Gasteiger partial charge on any atom is -0.454 e. The van der Waals surface area contributed by atoms with Crippen LogP contribution in [0.4, 0.5) is 0 Å². The standard InChI is InChI=1S/C51H30N4OS/c1-3-13-31(14-4-1)32-15-11-16-33(29-32)49-52-50(54-51(53-49)40-21-12-24-45-46(40)39-20-8-10-23-44(39)57-45)34-25-28-43-41(30-34)38-27-26-37-36-19-7-9-22-42(36)55(47(37)48(38)56-43)35-17-5-2-6-18-35/h1-30H. The lowest BCUT2D eigenvalue weighted by molar-refractivity contribution is 0.671. The van der Waals surface area contributed by atoms with Crippen LogP contribution in [0.2, 0.25) is 0 Å². The summed E-state index contributed by atoms with van der Waals surface area (Å²) in [7, 11) is 0. The minimum absolute atomic E-state index is 0.604. The molecule has 0 atom stereocenters. The van der Waals surface area contributed by atoms with E-state index in [0.29, 0.717) is 17.5 Å². The van der Waals surface area contributed by atoms with E-state index in [-0.39, 0.29) is 0 Å². The molecule has 0 saturated carbocycles. The van der Waals surface area contributed by atoms with Gasteiger partial charge in [0.15, 0.2) is 23.1 Å². The van der Waals surface area contributed by atoms with Crippen molar-refractivity contribution < 1.29 is 4.42 Å². The number of hydrogen-bond donors (Lipinski definition) is 0. The number of nitrogens with zero attached hydrogens (tertiary/aromatic N) is 4. The molecule has 4 heterocycles. The van der Waals surface area contributed by atoms with Crippen LogP contribution in [0.3, 0.4) is 0 Å². The maximum atomic E-state index is 6.80. The van der Waals surface area contributed by atoms with Crippen molar-refractivity contribution in [2.45, 2.75) is 0 Å². The number of thiophene rings is 1. The summed E-state index contributed by atoms with van der Waals surface area (Å²) < 4.78 is 11.6. The molecule has 12 rings (SSSR count). The van der Waals surface area contributed by atoms with Gasteiger partial charge in [-0.3, -0.25) is 0 Å². The molecule has 0 fully saturated rings. The van der Waals surface area contributed by atoms with Crippen molar-refractivity contribution in [3.63, 3.8) is 0 Å².